The van der Waals surface area contributed by atoms with Crippen LogP contribution in [0.15, 0.2) is 42.5 Å². The normalized spacial score (nSPS) is 15.0. The Balaban J connectivity index is 0.000000880. The zero-order chi connectivity index (χ0) is 17.8. The molecule has 1 fully saturated rings. The zero-order valence-corrected chi connectivity index (χ0v) is 14.9. The standard InChI is InChI=1S/C20H21NO2.CH4O/c1-23-20(22)14-11-12-17-16-9-5-6-10-18(16)21(19(17)13-14)15-7-3-2-4-8-15;1-2/h5-6,9-13,15H,2-4,7-8H2,1H3;2H,1H3. The van der Waals surface area contributed by atoms with Crippen molar-refractivity contribution in [3.8, 4) is 0 Å². The van der Waals surface area contributed by atoms with Crippen LogP contribution in [0.4, 0.5) is 0 Å². The Hall–Kier alpha value is -2.33. The van der Waals surface area contributed by atoms with Crippen LogP contribution in [0.2, 0.25) is 0 Å². The SMILES string of the molecule is CO.COC(=O)c1ccc2c3ccccc3n(C3CCCCC3)c2c1. The highest BCUT2D eigenvalue weighted by atomic mass is 16.5. The number of hydrogen-bond donors (Lipinski definition) is 1. The van der Waals surface area contributed by atoms with E-state index in [9.17, 15) is 4.79 Å². The van der Waals surface area contributed by atoms with Crippen LogP contribution in [-0.4, -0.2) is 29.9 Å². The van der Waals surface area contributed by atoms with Gasteiger partial charge in [-0.2, -0.15) is 0 Å². The van der Waals surface area contributed by atoms with Crippen LogP contribution in [0.25, 0.3) is 21.8 Å². The smallest absolute Gasteiger partial charge is 0.337 e. The second-order valence-corrected chi connectivity index (χ2v) is 6.40. The average Bonchev–Trinajstić information content (AvgIpc) is 3.03. The van der Waals surface area contributed by atoms with Gasteiger partial charge >= 0.3 is 5.97 Å². The van der Waals surface area contributed by atoms with Crippen LogP contribution in [0.5, 0.6) is 0 Å². The molecule has 4 rings (SSSR count). The monoisotopic (exact) mass is 339 g/mol. The van der Waals surface area contributed by atoms with Gasteiger partial charge in [-0.15, -0.1) is 0 Å². The summed E-state index contributed by atoms with van der Waals surface area (Å²) >= 11 is 0. The molecule has 132 valence electrons. The van der Waals surface area contributed by atoms with E-state index in [1.807, 2.05) is 12.1 Å². The highest BCUT2D eigenvalue weighted by molar-refractivity contribution is 6.09. The Labute approximate surface area is 148 Å². The van der Waals surface area contributed by atoms with Crippen LogP contribution in [0.3, 0.4) is 0 Å². The number of methoxy groups -OCH3 is 1. The van der Waals surface area contributed by atoms with Crippen molar-refractivity contribution in [3.05, 3.63) is 48.0 Å². The number of esters is 1. The topological polar surface area (TPSA) is 51.5 Å². The molecule has 25 heavy (non-hydrogen) atoms. The second kappa shape index (κ2) is 7.70. The molecule has 2 aromatic carbocycles. The summed E-state index contributed by atoms with van der Waals surface area (Å²) in [6.07, 6.45) is 6.35. The molecule has 0 unspecified atom stereocenters. The van der Waals surface area contributed by atoms with Crippen molar-refractivity contribution in [2.75, 3.05) is 14.2 Å². The Morgan fingerprint density at radius 1 is 1.00 bits per heavy atom. The van der Waals surface area contributed by atoms with Crippen molar-refractivity contribution < 1.29 is 14.6 Å². The minimum Gasteiger partial charge on any atom is -0.465 e. The Morgan fingerprint density at radius 3 is 2.40 bits per heavy atom. The number of aliphatic hydroxyl groups excluding tert-OH is 1. The first kappa shape index (κ1) is 17.5. The third-order valence-electron chi connectivity index (χ3n) is 5.07. The quantitative estimate of drug-likeness (QED) is 0.689. The fourth-order valence-electron chi connectivity index (χ4n) is 3.98. The van der Waals surface area contributed by atoms with Crippen LogP contribution < -0.4 is 0 Å². The predicted octanol–water partition coefficient (Wildman–Crippen LogP) is 4.69. The van der Waals surface area contributed by atoms with Crippen LogP contribution in [0, 0.1) is 0 Å². The number of carbonyl (C=O) groups is 1. The minimum absolute atomic E-state index is 0.271. The van der Waals surface area contributed by atoms with Gasteiger partial charge in [0.2, 0.25) is 0 Å². The van der Waals surface area contributed by atoms with E-state index in [2.05, 4.69) is 34.9 Å². The summed E-state index contributed by atoms with van der Waals surface area (Å²) in [6, 6.07) is 15.0. The van der Waals surface area contributed by atoms with Gasteiger partial charge < -0.3 is 14.4 Å². The van der Waals surface area contributed by atoms with Gasteiger partial charge in [0.1, 0.15) is 0 Å². The fraction of sp³-hybridized carbons (Fsp3) is 0.381. The van der Waals surface area contributed by atoms with E-state index >= 15 is 0 Å². The number of benzene rings is 2. The molecule has 1 heterocycles. The third kappa shape index (κ3) is 3.14. The molecular weight excluding hydrogens is 314 g/mol. The second-order valence-electron chi connectivity index (χ2n) is 6.40. The molecular formula is C21H25NO3. The van der Waals surface area contributed by atoms with Gasteiger partial charge in [-0.25, -0.2) is 4.79 Å². The van der Waals surface area contributed by atoms with E-state index in [1.54, 1.807) is 0 Å². The number of hydrogen-bond acceptors (Lipinski definition) is 3. The summed E-state index contributed by atoms with van der Waals surface area (Å²) in [5.41, 5.74) is 3.05. The molecule has 4 nitrogen and oxygen atoms in total. The maximum Gasteiger partial charge on any atom is 0.337 e. The van der Waals surface area contributed by atoms with Crippen molar-refractivity contribution in [3.63, 3.8) is 0 Å². The van der Waals surface area contributed by atoms with Crippen molar-refractivity contribution >= 4 is 27.8 Å². The van der Waals surface area contributed by atoms with Gasteiger partial charge in [-0.05, 0) is 31.0 Å². The molecule has 0 aliphatic heterocycles. The van der Waals surface area contributed by atoms with E-state index in [4.69, 9.17) is 9.84 Å². The largest absolute Gasteiger partial charge is 0.465 e. The van der Waals surface area contributed by atoms with Crippen LogP contribution in [0.1, 0.15) is 48.5 Å². The molecule has 1 aliphatic carbocycles. The summed E-state index contributed by atoms with van der Waals surface area (Å²) in [6.45, 7) is 0. The summed E-state index contributed by atoms with van der Waals surface area (Å²) in [5.74, 6) is -0.271. The first-order chi connectivity index (χ1) is 12.3. The number of carbonyl (C=O) groups excluding carboxylic acids is 1. The average molecular weight is 339 g/mol. The summed E-state index contributed by atoms with van der Waals surface area (Å²) in [5, 5.41) is 9.49. The first-order valence-corrected chi connectivity index (χ1v) is 8.85. The zero-order valence-electron chi connectivity index (χ0n) is 14.9. The number of fused-ring (bicyclic) bond motifs is 3. The van der Waals surface area contributed by atoms with Crippen molar-refractivity contribution in [2.24, 2.45) is 0 Å². The van der Waals surface area contributed by atoms with Gasteiger partial charge in [0, 0.05) is 29.4 Å². The highest BCUT2D eigenvalue weighted by Gasteiger charge is 2.21. The number of nitrogens with zero attached hydrogens (tertiary/aromatic N) is 1. The molecule has 0 amide bonds. The summed E-state index contributed by atoms with van der Waals surface area (Å²) in [7, 11) is 2.43. The molecule has 0 radical (unpaired) electrons. The summed E-state index contributed by atoms with van der Waals surface area (Å²) in [4.78, 5) is 11.9. The fourth-order valence-corrected chi connectivity index (χ4v) is 3.98. The third-order valence-corrected chi connectivity index (χ3v) is 5.07. The van der Waals surface area contributed by atoms with Crippen molar-refractivity contribution in [2.45, 2.75) is 38.1 Å². The van der Waals surface area contributed by atoms with E-state index in [0.717, 1.165) is 12.6 Å². The number of para-hydroxylation sites is 1. The molecule has 0 saturated heterocycles. The van der Waals surface area contributed by atoms with E-state index < -0.39 is 0 Å². The molecule has 0 bridgehead atoms. The van der Waals surface area contributed by atoms with Crippen LogP contribution in [-0.2, 0) is 4.74 Å². The molecule has 0 spiro atoms. The van der Waals surface area contributed by atoms with Gasteiger partial charge in [-0.1, -0.05) is 43.5 Å². The number of aromatic nitrogens is 1. The predicted molar refractivity (Wildman–Crippen MR) is 101 cm³/mol. The lowest BCUT2D eigenvalue weighted by atomic mass is 9.95. The van der Waals surface area contributed by atoms with E-state index in [0.29, 0.717) is 11.6 Å². The molecule has 1 saturated carbocycles. The minimum atomic E-state index is -0.271. The highest BCUT2D eigenvalue weighted by Crippen LogP contribution is 2.37. The molecule has 3 aromatic rings. The maximum atomic E-state index is 11.9. The molecule has 1 aromatic heterocycles. The van der Waals surface area contributed by atoms with Gasteiger partial charge in [-0.3, -0.25) is 0 Å². The van der Waals surface area contributed by atoms with Gasteiger partial charge in [0.25, 0.3) is 0 Å². The Kier molecular flexibility index (Phi) is 5.39. The van der Waals surface area contributed by atoms with E-state index in [1.165, 1.54) is 55.5 Å². The lowest BCUT2D eigenvalue weighted by molar-refractivity contribution is 0.0601. The summed E-state index contributed by atoms with van der Waals surface area (Å²) < 4.78 is 7.35. The molecule has 1 N–H and O–H groups in total. The molecule has 0 atom stereocenters. The lowest BCUT2D eigenvalue weighted by Gasteiger charge is -2.25. The Bertz CT molecular complexity index is 875. The van der Waals surface area contributed by atoms with Gasteiger partial charge in [0.05, 0.1) is 18.2 Å². The van der Waals surface area contributed by atoms with Crippen molar-refractivity contribution in [1.82, 2.24) is 4.57 Å². The first-order valence-electron chi connectivity index (χ1n) is 8.85. The van der Waals surface area contributed by atoms with E-state index in [-0.39, 0.29) is 5.97 Å². The Morgan fingerprint density at radius 2 is 1.68 bits per heavy atom. The van der Waals surface area contributed by atoms with Crippen LogP contribution >= 0.6 is 0 Å². The van der Waals surface area contributed by atoms with Crippen molar-refractivity contribution in [1.29, 1.82) is 0 Å². The lowest BCUT2D eigenvalue weighted by Crippen LogP contribution is -2.12. The molecule has 1 aliphatic rings. The van der Waals surface area contributed by atoms with Gasteiger partial charge in [0.15, 0.2) is 0 Å². The maximum absolute atomic E-state index is 11.9. The molecule has 4 heteroatoms. The number of ether oxygens (including phenoxy) is 1. The number of rotatable bonds is 2. The number of aliphatic hydroxyl groups is 1.